The van der Waals surface area contributed by atoms with Gasteiger partial charge in [-0.25, -0.2) is 12.7 Å². The van der Waals surface area contributed by atoms with Crippen LogP contribution in [0.4, 0.5) is 5.69 Å². The second-order valence-corrected chi connectivity index (χ2v) is 7.74. The standard InChI is InChI=1S/C17H17N3O4S/c1-12-11-25(23,24)20(17(12)22)15-6-2-5-14(8-15)16(21)19-10-13-4-3-7-18-9-13/h2-9,12H,10-11H2,1H3,(H,19,21). The highest BCUT2D eigenvalue weighted by Crippen LogP contribution is 2.28. The summed E-state index contributed by atoms with van der Waals surface area (Å²) in [5.74, 6) is -1.65. The van der Waals surface area contributed by atoms with Gasteiger partial charge >= 0.3 is 0 Å². The zero-order chi connectivity index (χ0) is 18.0. The SMILES string of the molecule is CC1CS(=O)(=O)N(c2cccc(C(=O)NCc3cccnc3)c2)C1=O. The summed E-state index contributed by atoms with van der Waals surface area (Å²) in [4.78, 5) is 28.4. The van der Waals surface area contributed by atoms with Gasteiger partial charge in [0, 0.05) is 24.5 Å². The summed E-state index contributed by atoms with van der Waals surface area (Å²) in [7, 11) is -3.69. The maximum Gasteiger partial charge on any atom is 0.251 e. The van der Waals surface area contributed by atoms with Crippen LogP contribution in [0.1, 0.15) is 22.8 Å². The smallest absolute Gasteiger partial charge is 0.251 e. The lowest BCUT2D eigenvalue weighted by Gasteiger charge is -2.16. The van der Waals surface area contributed by atoms with Crippen LogP contribution in [0.2, 0.25) is 0 Å². The maximum absolute atomic E-state index is 12.3. The van der Waals surface area contributed by atoms with Gasteiger partial charge < -0.3 is 5.32 Å². The molecule has 0 spiro atoms. The highest BCUT2D eigenvalue weighted by Gasteiger charge is 2.42. The van der Waals surface area contributed by atoms with E-state index in [0.29, 0.717) is 6.54 Å². The Hall–Kier alpha value is -2.74. The molecule has 25 heavy (non-hydrogen) atoms. The molecule has 3 rings (SSSR count). The van der Waals surface area contributed by atoms with E-state index in [1.54, 1.807) is 37.5 Å². The van der Waals surface area contributed by atoms with Crippen LogP contribution in [0.25, 0.3) is 0 Å². The van der Waals surface area contributed by atoms with Crippen molar-refractivity contribution in [2.75, 3.05) is 10.1 Å². The molecule has 0 radical (unpaired) electrons. The van der Waals surface area contributed by atoms with Crippen LogP contribution in [0.15, 0.2) is 48.8 Å². The van der Waals surface area contributed by atoms with Crippen LogP contribution in [0.5, 0.6) is 0 Å². The van der Waals surface area contributed by atoms with Gasteiger partial charge in [-0.1, -0.05) is 19.1 Å². The van der Waals surface area contributed by atoms with E-state index in [0.717, 1.165) is 9.87 Å². The molecule has 1 aromatic carbocycles. The molecule has 1 unspecified atom stereocenters. The highest BCUT2D eigenvalue weighted by atomic mass is 32.2. The Balaban J connectivity index is 1.80. The van der Waals surface area contributed by atoms with Gasteiger partial charge in [0.15, 0.2) is 0 Å². The highest BCUT2D eigenvalue weighted by molar-refractivity contribution is 7.94. The number of sulfonamides is 1. The van der Waals surface area contributed by atoms with Crippen molar-refractivity contribution < 1.29 is 18.0 Å². The van der Waals surface area contributed by atoms with Gasteiger partial charge in [-0.3, -0.25) is 14.6 Å². The van der Waals surface area contributed by atoms with Crippen LogP contribution in [-0.2, 0) is 21.4 Å². The first-order chi connectivity index (χ1) is 11.9. The topological polar surface area (TPSA) is 96.4 Å². The van der Waals surface area contributed by atoms with Crippen LogP contribution in [0.3, 0.4) is 0 Å². The van der Waals surface area contributed by atoms with Gasteiger partial charge in [0.05, 0.1) is 17.4 Å². The molecule has 2 heterocycles. The summed E-state index contributed by atoms with van der Waals surface area (Å²) >= 11 is 0. The molecular formula is C17H17N3O4S. The molecule has 1 saturated heterocycles. The molecule has 0 aliphatic carbocycles. The fourth-order valence-corrected chi connectivity index (χ4v) is 4.46. The molecule has 2 aromatic rings. The first-order valence-corrected chi connectivity index (χ1v) is 9.33. The van der Waals surface area contributed by atoms with Gasteiger partial charge in [0.2, 0.25) is 15.9 Å². The fraction of sp³-hybridized carbons (Fsp3) is 0.235. The summed E-state index contributed by atoms with van der Waals surface area (Å²) in [6, 6.07) is 9.64. The van der Waals surface area contributed by atoms with Crippen molar-refractivity contribution in [2.24, 2.45) is 5.92 Å². The minimum absolute atomic E-state index is 0.184. The summed E-state index contributed by atoms with van der Waals surface area (Å²) in [6.07, 6.45) is 3.29. The lowest BCUT2D eigenvalue weighted by Crippen LogP contribution is -2.30. The van der Waals surface area contributed by atoms with Gasteiger partial charge in [-0.2, -0.15) is 0 Å². The van der Waals surface area contributed by atoms with Crippen molar-refractivity contribution in [1.29, 1.82) is 0 Å². The average molecular weight is 359 g/mol. The maximum atomic E-state index is 12.3. The number of hydrogen-bond acceptors (Lipinski definition) is 5. The number of rotatable bonds is 4. The first kappa shape index (κ1) is 17.1. The van der Waals surface area contributed by atoms with E-state index in [1.165, 1.54) is 12.1 Å². The minimum Gasteiger partial charge on any atom is -0.348 e. The van der Waals surface area contributed by atoms with Crippen molar-refractivity contribution in [3.05, 3.63) is 59.9 Å². The second-order valence-electron chi connectivity index (χ2n) is 5.88. The molecule has 0 saturated carbocycles. The largest absolute Gasteiger partial charge is 0.348 e. The van der Waals surface area contributed by atoms with Crippen LogP contribution < -0.4 is 9.62 Å². The lowest BCUT2D eigenvalue weighted by atomic mass is 10.1. The van der Waals surface area contributed by atoms with E-state index < -0.39 is 21.8 Å². The Morgan fingerprint density at radius 2 is 2.12 bits per heavy atom. The summed E-state index contributed by atoms with van der Waals surface area (Å²) in [5, 5.41) is 2.74. The number of nitrogens with one attached hydrogen (secondary N) is 1. The van der Waals surface area contributed by atoms with E-state index in [4.69, 9.17) is 0 Å². The molecule has 1 aliphatic heterocycles. The van der Waals surface area contributed by atoms with Crippen molar-refractivity contribution in [3.8, 4) is 0 Å². The van der Waals surface area contributed by atoms with Crippen molar-refractivity contribution >= 4 is 27.5 Å². The fourth-order valence-electron chi connectivity index (χ4n) is 2.65. The Kier molecular flexibility index (Phi) is 4.54. The molecule has 1 atom stereocenters. The molecule has 1 fully saturated rings. The predicted octanol–water partition coefficient (Wildman–Crippen LogP) is 1.32. The quantitative estimate of drug-likeness (QED) is 0.888. The third kappa shape index (κ3) is 3.53. The van der Waals surface area contributed by atoms with Crippen LogP contribution >= 0.6 is 0 Å². The van der Waals surface area contributed by atoms with Crippen molar-refractivity contribution in [3.63, 3.8) is 0 Å². The lowest BCUT2D eigenvalue weighted by molar-refractivity contribution is -0.119. The number of hydrogen-bond donors (Lipinski definition) is 1. The molecular weight excluding hydrogens is 342 g/mol. The Labute approximate surface area is 145 Å². The third-order valence-electron chi connectivity index (χ3n) is 3.88. The van der Waals surface area contributed by atoms with Gasteiger partial charge in [-0.15, -0.1) is 0 Å². The summed E-state index contributed by atoms with van der Waals surface area (Å²) in [6.45, 7) is 1.87. The molecule has 1 N–H and O–H groups in total. The average Bonchev–Trinajstić information content (AvgIpc) is 2.81. The molecule has 8 heteroatoms. The summed E-state index contributed by atoms with van der Waals surface area (Å²) in [5.41, 5.74) is 1.31. The Morgan fingerprint density at radius 3 is 2.76 bits per heavy atom. The number of pyridine rings is 1. The van der Waals surface area contributed by atoms with Crippen molar-refractivity contribution in [2.45, 2.75) is 13.5 Å². The molecule has 130 valence electrons. The Morgan fingerprint density at radius 1 is 1.32 bits per heavy atom. The van der Waals surface area contributed by atoms with E-state index in [1.807, 2.05) is 6.07 Å². The van der Waals surface area contributed by atoms with Gasteiger partial charge in [0.1, 0.15) is 0 Å². The molecule has 2 amide bonds. The van der Waals surface area contributed by atoms with Gasteiger partial charge in [-0.05, 0) is 29.8 Å². The zero-order valence-corrected chi connectivity index (χ0v) is 14.4. The number of anilines is 1. The second kappa shape index (κ2) is 6.64. The van der Waals surface area contributed by atoms with Crippen LogP contribution in [0, 0.1) is 5.92 Å². The monoisotopic (exact) mass is 359 g/mol. The first-order valence-electron chi connectivity index (χ1n) is 7.72. The Bertz CT molecular complexity index is 913. The van der Waals surface area contributed by atoms with E-state index in [2.05, 4.69) is 10.3 Å². The number of aromatic nitrogens is 1. The predicted molar refractivity (Wildman–Crippen MR) is 92.3 cm³/mol. The van der Waals surface area contributed by atoms with Crippen molar-refractivity contribution in [1.82, 2.24) is 10.3 Å². The van der Waals surface area contributed by atoms with E-state index in [-0.39, 0.29) is 22.9 Å². The zero-order valence-electron chi connectivity index (χ0n) is 13.5. The molecule has 1 aromatic heterocycles. The van der Waals surface area contributed by atoms with E-state index in [9.17, 15) is 18.0 Å². The number of nitrogens with zero attached hydrogens (tertiary/aromatic N) is 2. The molecule has 1 aliphatic rings. The number of carbonyl (C=O) groups is 2. The normalized spacial score (nSPS) is 19.0. The minimum atomic E-state index is -3.69. The molecule has 7 nitrogen and oxygen atoms in total. The third-order valence-corrected chi connectivity index (χ3v) is 5.75. The van der Waals surface area contributed by atoms with Crippen LogP contribution in [-0.4, -0.2) is 31.0 Å². The van der Waals surface area contributed by atoms with E-state index >= 15 is 0 Å². The molecule has 0 bridgehead atoms. The number of amides is 2. The number of benzene rings is 1. The summed E-state index contributed by atoms with van der Waals surface area (Å²) < 4.78 is 25.1. The number of carbonyl (C=O) groups excluding carboxylic acids is 2. The van der Waals surface area contributed by atoms with Gasteiger partial charge in [0.25, 0.3) is 5.91 Å².